The number of Topliss-reactive ketones (excluding diaryl/α,β-unsaturated/α-hetero) is 1. The smallest absolute Gasteiger partial charge is 0.241 e. The van der Waals surface area contributed by atoms with Gasteiger partial charge in [-0.3, -0.25) is 4.79 Å². The van der Waals surface area contributed by atoms with E-state index in [-0.39, 0.29) is 22.7 Å². The van der Waals surface area contributed by atoms with E-state index in [2.05, 4.69) is 11.3 Å². The highest BCUT2D eigenvalue weighted by Gasteiger charge is 2.28. The SMILES string of the molecule is C=C(C(=O)CC)[C@H](NS(=O)(=O)c1ccc(C)cc1)c1ccco1. The monoisotopic (exact) mass is 333 g/mol. The molecule has 0 fully saturated rings. The first-order valence-corrected chi connectivity index (χ1v) is 8.68. The maximum Gasteiger partial charge on any atom is 0.241 e. The van der Waals surface area contributed by atoms with E-state index in [4.69, 9.17) is 4.42 Å². The Morgan fingerprint density at radius 3 is 2.43 bits per heavy atom. The number of nitrogens with one attached hydrogen (secondary N) is 1. The second-order valence-corrected chi connectivity index (χ2v) is 6.90. The highest BCUT2D eigenvalue weighted by Crippen LogP contribution is 2.25. The number of rotatable bonds is 7. The first-order valence-electron chi connectivity index (χ1n) is 7.19. The molecule has 122 valence electrons. The van der Waals surface area contributed by atoms with Crippen LogP contribution in [-0.4, -0.2) is 14.2 Å². The minimum atomic E-state index is -3.81. The molecule has 1 aromatic carbocycles. The van der Waals surface area contributed by atoms with Crippen molar-refractivity contribution in [3.63, 3.8) is 0 Å². The molecule has 1 heterocycles. The molecule has 2 aromatic rings. The second-order valence-electron chi connectivity index (χ2n) is 5.18. The van der Waals surface area contributed by atoms with Crippen molar-refractivity contribution in [1.82, 2.24) is 4.72 Å². The van der Waals surface area contributed by atoms with E-state index in [1.54, 1.807) is 31.2 Å². The minimum absolute atomic E-state index is 0.122. The summed E-state index contributed by atoms with van der Waals surface area (Å²) in [5, 5.41) is 0. The number of carbonyl (C=O) groups excluding carboxylic acids is 1. The van der Waals surface area contributed by atoms with E-state index in [1.165, 1.54) is 18.4 Å². The third-order valence-electron chi connectivity index (χ3n) is 3.46. The van der Waals surface area contributed by atoms with Gasteiger partial charge in [0, 0.05) is 12.0 Å². The van der Waals surface area contributed by atoms with Crippen LogP contribution in [0, 0.1) is 6.92 Å². The average molecular weight is 333 g/mol. The quantitative estimate of drug-likeness (QED) is 0.790. The summed E-state index contributed by atoms with van der Waals surface area (Å²) in [6.45, 7) is 7.31. The number of sulfonamides is 1. The third kappa shape index (κ3) is 3.97. The van der Waals surface area contributed by atoms with Gasteiger partial charge in [0.25, 0.3) is 0 Å². The Balaban J connectivity index is 2.36. The van der Waals surface area contributed by atoms with Crippen LogP contribution in [0.25, 0.3) is 0 Å². The van der Waals surface area contributed by atoms with Gasteiger partial charge in [-0.25, -0.2) is 8.42 Å². The summed E-state index contributed by atoms with van der Waals surface area (Å²) >= 11 is 0. The fourth-order valence-electron chi connectivity index (χ4n) is 2.09. The standard InChI is InChI=1S/C17H19NO4S/c1-4-15(19)13(3)17(16-6-5-11-22-16)18-23(20,21)14-9-7-12(2)8-10-14/h5-11,17-18H,3-4H2,1-2H3/t17-/m0/s1. The Kier molecular flexibility index (Phi) is 5.18. The number of furan rings is 1. The lowest BCUT2D eigenvalue weighted by Gasteiger charge is -2.18. The number of carbonyl (C=O) groups is 1. The van der Waals surface area contributed by atoms with E-state index in [0.29, 0.717) is 5.76 Å². The van der Waals surface area contributed by atoms with Gasteiger partial charge in [0.1, 0.15) is 11.8 Å². The molecule has 6 heteroatoms. The first-order chi connectivity index (χ1) is 10.8. The number of benzene rings is 1. The Labute approximate surface area is 136 Å². The lowest BCUT2D eigenvalue weighted by molar-refractivity contribution is -0.115. The fraction of sp³-hybridized carbons (Fsp3) is 0.235. The first kappa shape index (κ1) is 17.2. The van der Waals surface area contributed by atoms with E-state index in [0.717, 1.165) is 5.56 Å². The largest absolute Gasteiger partial charge is 0.467 e. The van der Waals surface area contributed by atoms with Gasteiger partial charge in [0.15, 0.2) is 5.78 Å². The van der Waals surface area contributed by atoms with Gasteiger partial charge in [0.05, 0.1) is 11.2 Å². The summed E-state index contributed by atoms with van der Waals surface area (Å²) < 4.78 is 32.9. The summed E-state index contributed by atoms with van der Waals surface area (Å²) in [5.74, 6) is 0.102. The third-order valence-corrected chi connectivity index (χ3v) is 4.90. The Bertz CT molecular complexity index is 790. The molecule has 0 unspecified atom stereocenters. The predicted molar refractivity (Wildman–Crippen MR) is 87.4 cm³/mol. The molecule has 23 heavy (non-hydrogen) atoms. The Morgan fingerprint density at radius 2 is 1.91 bits per heavy atom. The molecule has 0 radical (unpaired) electrons. The number of hydrogen-bond acceptors (Lipinski definition) is 4. The normalized spacial score (nSPS) is 12.8. The van der Waals surface area contributed by atoms with Crippen molar-refractivity contribution in [1.29, 1.82) is 0 Å². The van der Waals surface area contributed by atoms with Gasteiger partial charge in [-0.1, -0.05) is 31.2 Å². The highest BCUT2D eigenvalue weighted by atomic mass is 32.2. The van der Waals surface area contributed by atoms with E-state index < -0.39 is 16.1 Å². The Morgan fingerprint density at radius 1 is 1.26 bits per heavy atom. The minimum Gasteiger partial charge on any atom is -0.467 e. The summed E-state index contributed by atoms with van der Waals surface area (Å²) in [4.78, 5) is 12.1. The van der Waals surface area contributed by atoms with Crippen molar-refractivity contribution >= 4 is 15.8 Å². The number of hydrogen-bond donors (Lipinski definition) is 1. The predicted octanol–water partition coefficient (Wildman–Crippen LogP) is 3.14. The summed E-state index contributed by atoms with van der Waals surface area (Å²) in [6.07, 6.45) is 1.66. The highest BCUT2D eigenvalue weighted by molar-refractivity contribution is 7.89. The molecule has 0 saturated heterocycles. The second kappa shape index (κ2) is 6.93. The molecule has 0 spiro atoms. The zero-order chi connectivity index (χ0) is 17.0. The van der Waals surface area contributed by atoms with Crippen LogP contribution in [0.15, 0.2) is 64.1 Å². The topological polar surface area (TPSA) is 76.4 Å². The van der Waals surface area contributed by atoms with E-state index in [1.807, 2.05) is 6.92 Å². The molecule has 1 atom stereocenters. The van der Waals surface area contributed by atoms with Crippen LogP contribution in [0.3, 0.4) is 0 Å². The van der Waals surface area contributed by atoms with Crippen molar-refractivity contribution < 1.29 is 17.6 Å². The van der Waals surface area contributed by atoms with Gasteiger partial charge in [-0.05, 0) is 31.2 Å². The van der Waals surface area contributed by atoms with Gasteiger partial charge in [-0.15, -0.1) is 0 Å². The zero-order valence-electron chi connectivity index (χ0n) is 13.1. The van der Waals surface area contributed by atoms with Crippen LogP contribution >= 0.6 is 0 Å². The molecule has 1 aromatic heterocycles. The van der Waals surface area contributed by atoms with Crippen molar-refractivity contribution in [3.8, 4) is 0 Å². The van der Waals surface area contributed by atoms with Crippen molar-refractivity contribution in [2.24, 2.45) is 0 Å². The molecule has 0 aliphatic rings. The van der Waals surface area contributed by atoms with Crippen LogP contribution in [0.5, 0.6) is 0 Å². The molecule has 2 rings (SSSR count). The summed E-state index contributed by atoms with van der Waals surface area (Å²) in [6, 6.07) is 8.76. The van der Waals surface area contributed by atoms with Crippen molar-refractivity contribution in [3.05, 3.63) is 66.1 Å². The average Bonchev–Trinajstić information content (AvgIpc) is 3.06. The summed E-state index contributed by atoms with van der Waals surface area (Å²) in [7, 11) is -3.81. The van der Waals surface area contributed by atoms with Crippen LogP contribution < -0.4 is 4.72 Å². The van der Waals surface area contributed by atoms with E-state index in [9.17, 15) is 13.2 Å². The maximum atomic E-state index is 12.6. The van der Waals surface area contributed by atoms with Crippen molar-refractivity contribution in [2.75, 3.05) is 0 Å². The molecular formula is C17H19NO4S. The fourth-order valence-corrected chi connectivity index (χ4v) is 3.28. The van der Waals surface area contributed by atoms with Gasteiger partial charge >= 0.3 is 0 Å². The van der Waals surface area contributed by atoms with Crippen LogP contribution in [0.2, 0.25) is 0 Å². The van der Waals surface area contributed by atoms with Gasteiger partial charge in [0.2, 0.25) is 10.0 Å². The van der Waals surface area contributed by atoms with Crippen LogP contribution in [0.4, 0.5) is 0 Å². The molecule has 0 amide bonds. The van der Waals surface area contributed by atoms with Crippen molar-refractivity contribution in [2.45, 2.75) is 31.2 Å². The number of aryl methyl sites for hydroxylation is 1. The van der Waals surface area contributed by atoms with Crippen LogP contribution in [0.1, 0.15) is 30.7 Å². The van der Waals surface area contributed by atoms with Gasteiger partial charge < -0.3 is 4.42 Å². The maximum absolute atomic E-state index is 12.6. The van der Waals surface area contributed by atoms with E-state index >= 15 is 0 Å². The summed E-state index contributed by atoms with van der Waals surface area (Å²) in [5.41, 5.74) is 1.11. The number of ketones is 1. The molecule has 0 saturated carbocycles. The molecule has 0 aliphatic carbocycles. The van der Waals surface area contributed by atoms with Gasteiger partial charge in [-0.2, -0.15) is 4.72 Å². The molecule has 0 aliphatic heterocycles. The zero-order valence-corrected chi connectivity index (χ0v) is 13.9. The molecule has 1 N–H and O–H groups in total. The molecule has 5 nitrogen and oxygen atoms in total. The molecule has 0 bridgehead atoms. The lowest BCUT2D eigenvalue weighted by Crippen LogP contribution is -2.31. The lowest BCUT2D eigenvalue weighted by atomic mass is 10.0. The molecular weight excluding hydrogens is 314 g/mol. The Hall–Kier alpha value is -2.18. The van der Waals surface area contributed by atoms with Crippen LogP contribution in [-0.2, 0) is 14.8 Å².